The van der Waals surface area contributed by atoms with Crippen molar-refractivity contribution >= 4 is 11.9 Å². The molecule has 7 heteroatoms. The predicted molar refractivity (Wildman–Crippen MR) is 284 cm³/mol. The zero-order valence-corrected chi connectivity index (χ0v) is 44.9. The molecule has 7 nitrogen and oxygen atoms in total. The van der Waals surface area contributed by atoms with Crippen LogP contribution < -0.4 is 0 Å². The van der Waals surface area contributed by atoms with Crippen molar-refractivity contribution < 1.29 is 14.3 Å². The van der Waals surface area contributed by atoms with Gasteiger partial charge in [0.25, 0.3) is 0 Å². The Bertz CT molecular complexity index is 967. The summed E-state index contributed by atoms with van der Waals surface area (Å²) in [5, 5.41) is 0. The van der Waals surface area contributed by atoms with Crippen LogP contribution in [-0.2, 0) is 14.3 Å². The Morgan fingerprint density at radius 1 is 0.385 bits per heavy atom. The highest BCUT2D eigenvalue weighted by Gasteiger charge is 2.25. The molecule has 0 spiro atoms. The highest BCUT2D eigenvalue weighted by molar-refractivity contribution is 5.78. The van der Waals surface area contributed by atoms with Gasteiger partial charge in [0.1, 0.15) is 0 Å². The Balaban J connectivity index is 2.65. The van der Waals surface area contributed by atoms with E-state index >= 15 is 0 Å². The predicted octanol–water partition coefficient (Wildman–Crippen LogP) is 15.8. The summed E-state index contributed by atoms with van der Waals surface area (Å²) in [6.45, 7) is 22.3. The number of likely N-dealkylation sites (tertiary alicyclic amines) is 1. The first kappa shape index (κ1) is 61.8. The van der Waals surface area contributed by atoms with Gasteiger partial charge in [-0.1, -0.05) is 227 Å². The van der Waals surface area contributed by atoms with Crippen LogP contribution in [0.2, 0.25) is 0 Å². The second-order valence-electron chi connectivity index (χ2n) is 20.8. The van der Waals surface area contributed by atoms with E-state index in [1.165, 1.54) is 238 Å². The molecule has 1 aliphatic heterocycles. The molecule has 1 heterocycles. The number of esters is 1. The third-order valence-corrected chi connectivity index (χ3v) is 14.6. The maximum absolute atomic E-state index is 13.9. The van der Waals surface area contributed by atoms with Crippen molar-refractivity contribution in [2.45, 2.75) is 279 Å². The first-order valence-electron chi connectivity index (χ1n) is 29.6. The van der Waals surface area contributed by atoms with E-state index in [0.717, 1.165) is 65.1 Å². The number of rotatable bonds is 50. The lowest BCUT2D eigenvalue weighted by molar-refractivity contribution is -0.145. The molecule has 65 heavy (non-hydrogen) atoms. The minimum absolute atomic E-state index is 0.0482. The molecule has 386 valence electrons. The molecule has 0 aromatic carbocycles. The Hall–Kier alpha value is -1.18. The van der Waals surface area contributed by atoms with E-state index in [1.807, 2.05) is 0 Å². The second kappa shape index (κ2) is 47.9. The molecule has 0 N–H and O–H groups in total. The molecule has 0 radical (unpaired) electrons. The van der Waals surface area contributed by atoms with E-state index in [-0.39, 0.29) is 5.97 Å². The quantitative estimate of drug-likeness (QED) is 0.0448. The van der Waals surface area contributed by atoms with Gasteiger partial charge in [0, 0.05) is 26.2 Å². The maximum Gasteiger partial charge on any atom is 0.320 e. The van der Waals surface area contributed by atoms with Gasteiger partial charge in [-0.25, -0.2) is 0 Å². The summed E-state index contributed by atoms with van der Waals surface area (Å²) >= 11 is 0. The van der Waals surface area contributed by atoms with Gasteiger partial charge in [-0.3, -0.25) is 19.4 Å². The molecule has 1 saturated heterocycles. The number of hydrogen-bond donors (Lipinski definition) is 0. The van der Waals surface area contributed by atoms with Crippen molar-refractivity contribution in [1.82, 2.24) is 19.6 Å². The lowest BCUT2D eigenvalue weighted by Gasteiger charge is -2.34. The number of carbonyl (C=O) groups is 2. The molecular formula is C58H116N4O3. The van der Waals surface area contributed by atoms with Crippen LogP contribution in [0, 0.1) is 5.92 Å². The van der Waals surface area contributed by atoms with Gasteiger partial charge in [0.05, 0.1) is 19.7 Å². The van der Waals surface area contributed by atoms with Crippen LogP contribution in [0.4, 0.5) is 0 Å². The van der Waals surface area contributed by atoms with Crippen molar-refractivity contribution in [3.05, 3.63) is 0 Å². The topological polar surface area (TPSA) is 56.3 Å². The summed E-state index contributed by atoms with van der Waals surface area (Å²) in [6, 6.07) is 0. The van der Waals surface area contributed by atoms with Gasteiger partial charge in [0.15, 0.2) is 0 Å². The molecule has 1 amide bonds. The van der Waals surface area contributed by atoms with Crippen molar-refractivity contribution in [2.24, 2.45) is 5.92 Å². The molecule has 1 aliphatic rings. The number of amides is 1. The standard InChI is InChI=1S/C58H116N4O3/c1-6-11-16-21-26-31-36-44-59(45-37-32-27-22-17-12-7-2)51-52-61(48-40-35-30-25-20-15-10-5)54-57(63)62-49-41-56(42-50-62)43-53-65-58(64)55-60(46-38-33-28-23-18-13-8-3)47-39-34-29-24-19-14-9-4/h56H,6-55H2,1-5H3. The molecule has 1 fully saturated rings. The number of ether oxygens (including phenoxy) is 1. The van der Waals surface area contributed by atoms with E-state index in [4.69, 9.17) is 4.74 Å². The van der Waals surface area contributed by atoms with Gasteiger partial charge in [0.2, 0.25) is 5.91 Å². The van der Waals surface area contributed by atoms with E-state index in [1.54, 1.807) is 0 Å². The molecule has 0 bridgehead atoms. The van der Waals surface area contributed by atoms with E-state index < -0.39 is 0 Å². The minimum atomic E-state index is -0.0482. The van der Waals surface area contributed by atoms with E-state index in [2.05, 4.69) is 54.2 Å². The number of carbonyl (C=O) groups excluding carboxylic acids is 2. The van der Waals surface area contributed by atoms with Gasteiger partial charge >= 0.3 is 5.97 Å². The van der Waals surface area contributed by atoms with Crippen LogP contribution in [0.25, 0.3) is 0 Å². The van der Waals surface area contributed by atoms with Crippen LogP contribution in [-0.4, -0.2) is 110 Å². The van der Waals surface area contributed by atoms with E-state index in [0.29, 0.717) is 31.5 Å². The molecule has 0 aromatic rings. The van der Waals surface area contributed by atoms with Gasteiger partial charge in [-0.2, -0.15) is 0 Å². The lowest BCUT2D eigenvalue weighted by atomic mass is 9.94. The Labute approximate surface area is 407 Å². The normalized spacial score (nSPS) is 13.6. The first-order valence-corrected chi connectivity index (χ1v) is 29.6. The summed E-state index contributed by atoms with van der Waals surface area (Å²) in [4.78, 5) is 36.8. The molecule has 0 aromatic heterocycles. The highest BCUT2D eigenvalue weighted by Crippen LogP contribution is 2.21. The van der Waals surface area contributed by atoms with Crippen molar-refractivity contribution in [1.29, 1.82) is 0 Å². The van der Waals surface area contributed by atoms with Crippen LogP contribution >= 0.6 is 0 Å². The molecule has 0 saturated carbocycles. The van der Waals surface area contributed by atoms with Crippen molar-refractivity contribution in [3.8, 4) is 0 Å². The highest BCUT2D eigenvalue weighted by atomic mass is 16.5. The zero-order valence-electron chi connectivity index (χ0n) is 44.9. The number of nitrogens with zero attached hydrogens (tertiary/aromatic N) is 4. The number of unbranched alkanes of at least 4 members (excludes halogenated alkanes) is 30. The summed E-state index contributed by atoms with van der Waals surface area (Å²) in [6.07, 6.45) is 49.4. The fourth-order valence-electron chi connectivity index (χ4n) is 9.95. The monoisotopic (exact) mass is 917 g/mol. The fraction of sp³-hybridized carbons (Fsp3) is 0.966. The fourth-order valence-corrected chi connectivity index (χ4v) is 9.95. The molecule has 1 rings (SSSR count). The summed E-state index contributed by atoms with van der Waals surface area (Å²) in [5.41, 5.74) is 0. The average Bonchev–Trinajstić information content (AvgIpc) is 3.31. The van der Waals surface area contributed by atoms with Crippen LogP contribution in [0.3, 0.4) is 0 Å². The number of hydrogen-bond acceptors (Lipinski definition) is 6. The van der Waals surface area contributed by atoms with Crippen LogP contribution in [0.1, 0.15) is 279 Å². The lowest BCUT2D eigenvalue weighted by Crippen LogP contribution is -2.46. The van der Waals surface area contributed by atoms with Gasteiger partial charge in [-0.15, -0.1) is 0 Å². The van der Waals surface area contributed by atoms with Crippen molar-refractivity contribution in [2.75, 3.05) is 78.6 Å². The van der Waals surface area contributed by atoms with Crippen molar-refractivity contribution in [3.63, 3.8) is 0 Å². The molecular weight excluding hydrogens is 801 g/mol. The smallest absolute Gasteiger partial charge is 0.320 e. The maximum atomic E-state index is 13.9. The summed E-state index contributed by atoms with van der Waals surface area (Å²) < 4.78 is 5.90. The van der Waals surface area contributed by atoms with Crippen LogP contribution in [0.5, 0.6) is 0 Å². The third kappa shape index (κ3) is 39.4. The minimum Gasteiger partial charge on any atom is -0.465 e. The average molecular weight is 918 g/mol. The summed E-state index contributed by atoms with van der Waals surface area (Å²) in [7, 11) is 0. The summed E-state index contributed by atoms with van der Waals surface area (Å²) in [5.74, 6) is 0.803. The Morgan fingerprint density at radius 2 is 0.677 bits per heavy atom. The van der Waals surface area contributed by atoms with Gasteiger partial charge in [-0.05, 0) is 90.0 Å². The molecule has 0 aliphatic carbocycles. The largest absolute Gasteiger partial charge is 0.465 e. The molecule has 0 unspecified atom stereocenters. The Kier molecular flexibility index (Phi) is 45.5. The SMILES string of the molecule is CCCCCCCCCN(CCCCCCCCC)CCN(CCCCCCCCC)CC(=O)N1CCC(CCOC(=O)CN(CCCCCCCCC)CCCCCCCCC)CC1. The first-order chi connectivity index (χ1) is 32.0. The van der Waals surface area contributed by atoms with Crippen LogP contribution in [0.15, 0.2) is 0 Å². The van der Waals surface area contributed by atoms with E-state index in [9.17, 15) is 9.59 Å². The Morgan fingerprint density at radius 3 is 1.03 bits per heavy atom. The third-order valence-electron chi connectivity index (χ3n) is 14.6. The van der Waals surface area contributed by atoms with Gasteiger partial charge < -0.3 is 14.5 Å². The molecule has 0 atom stereocenters. The zero-order chi connectivity index (χ0) is 47.1. The second-order valence-corrected chi connectivity index (χ2v) is 20.8. The number of piperidine rings is 1.